The quantitative estimate of drug-likeness (QED) is 0.244. The second-order valence-corrected chi connectivity index (χ2v) is 6.64. The molecular weight excluding hydrogens is 338 g/mol. The molecule has 1 fully saturated rings. The number of hydrogen-bond donors (Lipinski definition) is 1. The van der Waals surface area contributed by atoms with Crippen molar-refractivity contribution in [2.75, 3.05) is 19.8 Å². The van der Waals surface area contributed by atoms with Crippen molar-refractivity contribution in [1.82, 2.24) is 5.32 Å². The van der Waals surface area contributed by atoms with Gasteiger partial charge in [0.1, 0.15) is 6.04 Å². The van der Waals surface area contributed by atoms with Crippen molar-refractivity contribution in [2.45, 2.75) is 83.7 Å². The SMILES string of the molecule is CCCCOC(=O)C1CCC(C(=O)OCCCC)(C(=O)OCCCC)N1. The molecule has 7 heteroatoms. The van der Waals surface area contributed by atoms with E-state index in [9.17, 15) is 14.4 Å². The van der Waals surface area contributed by atoms with E-state index in [0.29, 0.717) is 13.0 Å². The highest BCUT2D eigenvalue weighted by molar-refractivity contribution is 6.06. The van der Waals surface area contributed by atoms with E-state index in [1.807, 2.05) is 20.8 Å². The average Bonchev–Trinajstić information content (AvgIpc) is 3.09. The first-order valence-corrected chi connectivity index (χ1v) is 9.80. The summed E-state index contributed by atoms with van der Waals surface area (Å²) in [5, 5.41) is 2.86. The van der Waals surface area contributed by atoms with Crippen LogP contribution in [0.1, 0.15) is 72.1 Å². The summed E-state index contributed by atoms with van der Waals surface area (Å²) in [6, 6.07) is -0.704. The molecule has 0 aliphatic carbocycles. The van der Waals surface area contributed by atoms with Crippen LogP contribution >= 0.6 is 0 Å². The lowest BCUT2D eigenvalue weighted by Gasteiger charge is -2.26. The molecule has 0 radical (unpaired) electrons. The lowest BCUT2D eigenvalue weighted by atomic mass is 9.98. The van der Waals surface area contributed by atoms with Crippen LogP contribution in [0.3, 0.4) is 0 Å². The van der Waals surface area contributed by atoms with Crippen LogP contribution < -0.4 is 5.32 Å². The molecule has 1 unspecified atom stereocenters. The molecule has 1 heterocycles. The Hall–Kier alpha value is -1.63. The molecular formula is C19H33NO6. The molecule has 26 heavy (non-hydrogen) atoms. The Kier molecular flexibility index (Phi) is 10.2. The van der Waals surface area contributed by atoms with Crippen molar-refractivity contribution in [3.63, 3.8) is 0 Å². The van der Waals surface area contributed by atoms with Crippen LogP contribution in [0.2, 0.25) is 0 Å². The fourth-order valence-corrected chi connectivity index (χ4v) is 2.67. The molecule has 0 amide bonds. The van der Waals surface area contributed by atoms with E-state index in [1.165, 1.54) is 0 Å². The first-order valence-electron chi connectivity index (χ1n) is 9.80. The van der Waals surface area contributed by atoms with Crippen molar-refractivity contribution < 1.29 is 28.6 Å². The lowest BCUT2D eigenvalue weighted by Crippen LogP contribution is -2.58. The molecule has 1 saturated heterocycles. The van der Waals surface area contributed by atoms with Crippen molar-refractivity contribution in [3.05, 3.63) is 0 Å². The van der Waals surface area contributed by atoms with Crippen LogP contribution in [0.4, 0.5) is 0 Å². The highest BCUT2D eigenvalue weighted by Crippen LogP contribution is 2.28. The van der Waals surface area contributed by atoms with E-state index < -0.39 is 29.5 Å². The molecule has 1 N–H and O–H groups in total. The van der Waals surface area contributed by atoms with Gasteiger partial charge < -0.3 is 14.2 Å². The summed E-state index contributed by atoms with van der Waals surface area (Å²) in [7, 11) is 0. The smallest absolute Gasteiger partial charge is 0.338 e. The molecule has 1 rings (SSSR count). The van der Waals surface area contributed by atoms with Crippen LogP contribution in [0.15, 0.2) is 0 Å². The van der Waals surface area contributed by atoms with Crippen molar-refractivity contribution in [1.29, 1.82) is 0 Å². The van der Waals surface area contributed by atoms with Crippen LogP contribution in [0, 0.1) is 0 Å². The van der Waals surface area contributed by atoms with Gasteiger partial charge >= 0.3 is 17.9 Å². The van der Waals surface area contributed by atoms with Gasteiger partial charge in [0.05, 0.1) is 19.8 Å². The number of unbranched alkanes of at least 4 members (excludes halogenated alkanes) is 3. The molecule has 0 aromatic rings. The number of carbonyl (C=O) groups excluding carboxylic acids is 3. The van der Waals surface area contributed by atoms with E-state index in [0.717, 1.165) is 38.5 Å². The molecule has 0 saturated carbocycles. The van der Waals surface area contributed by atoms with Gasteiger partial charge in [-0.1, -0.05) is 40.0 Å². The molecule has 1 aliphatic heterocycles. The highest BCUT2D eigenvalue weighted by atomic mass is 16.6. The minimum absolute atomic E-state index is 0.163. The van der Waals surface area contributed by atoms with Crippen molar-refractivity contribution in [2.24, 2.45) is 0 Å². The Balaban J connectivity index is 2.77. The maximum Gasteiger partial charge on any atom is 0.338 e. The Morgan fingerprint density at radius 2 is 1.31 bits per heavy atom. The molecule has 0 aromatic carbocycles. The maximum absolute atomic E-state index is 12.6. The fourth-order valence-electron chi connectivity index (χ4n) is 2.67. The van der Waals surface area contributed by atoms with Gasteiger partial charge in [-0.3, -0.25) is 10.1 Å². The molecule has 0 spiro atoms. The summed E-state index contributed by atoms with van der Waals surface area (Å²) in [6.07, 6.45) is 5.38. The van der Waals surface area contributed by atoms with Gasteiger partial charge in [-0.05, 0) is 32.1 Å². The number of hydrogen-bond acceptors (Lipinski definition) is 7. The Morgan fingerprint density at radius 3 is 1.77 bits per heavy atom. The summed E-state index contributed by atoms with van der Waals surface area (Å²) >= 11 is 0. The minimum Gasteiger partial charge on any atom is -0.465 e. The van der Waals surface area contributed by atoms with Gasteiger partial charge in [0.15, 0.2) is 0 Å². The first kappa shape index (κ1) is 22.4. The zero-order valence-corrected chi connectivity index (χ0v) is 16.3. The van der Waals surface area contributed by atoms with Crippen LogP contribution in [-0.2, 0) is 28.6 Å². The minimum atomic E-state index is -1.62. The van der Waals surface area contributed by atoms with Crippen molar-refractivity contribution in [3.8, 4) is 0 Å². The third kappa shape index (κ3) is 6.27. The number of carbonyl (C=O) groups is 3. The predicted molar refractivity (Wildman–Crippen MR) is 96.5 cm³/mol. The molecule has 7 nitrogen and oxygen atoms in total. The second-order valence-electron chi connectivity index (χ2n) is 6.64. The first-order chi connectivity index (χ1) is 12.5. The predicted octanol–water partition coefficient (Wildman–Crippen LogP) is 2.51. The number of rotatable bonds is 12. The summed E-state index contributed by atoms with van der Waals surface area (Å²) in [6.45, 7) is 6.80. The Morgan fingerprint density at radius 1 is 0.846 bits per heavy atom. The summed E-state index contributed by atoms with van der Waals surface area (Å²) < 4.78 is 15.7. The second kappa shape index (κ2) is 11.9. The molecule has 150 valence electrons. The summed E-state index contributed by atoms with van der Waals surface area (Å²) in [5.41, 5.74) is -1.62. The Labute approximate surface area is 156 Å². The normalized spacial score (nSPS) is 18.3. The van der Waals surface area contributed by atoms with E-state index in [4.69, 9.17) is 14.2 Å². The van der Waals surface area contributed by atoms with E-state index >= 15 is 0 Å². The zero-order chi connectivity index (χ0) is 19.4. The van der Waals surface area contributed by atoms with Gasteiger partial charge in [0.25, 0.3) is 0 Å². The number of ether oxygens (including phenoxy) is 3. The fraction of sp³-hybridized carbons (Fsp3) is 0.842. The standard InChI is InChI=1S/C19H33NO6/c1-4-7-12-24-16(21)15-10-11-19(20-15,17(22)25-13-8-5-2)18(23)26-14-9-6-3/h15,20H,4-14H2,1-3H3. The number of nitrogens with one attached hydrogen (secondary N) is 1. The lowest BCUT2D eigenvalue weighted by molar-refractivity contribution is -0.166. The monoisotopic (exact) mass is 371 g/mol. The summed E-state index contributed by atoms with van der Waals surface area (Å²) in [5.74, 6) is -1.78. The van der Waals surface area contributed by atoms with Gasteiger partial charge in [-0.25, -0.2) is 9.59 Å². The van der Waals surface area contributed by atoms with Gasteiger partial charge in [0, 0.05) is 0 Å². The highest BCUT2D eigenvalue weighted by Gasteiger charge is 2.55. The maximum atomic E-state index is 12.6. The number of esters is 3. The third-order valence-corrected chi connectivity index (χ3v) is 4.41. The topological polar surface area (TPSA) is 90.9 Å². The van der Waals surface area contributed by atoms with Crippen molar-refractivity contribution >= 4 is 17.9 Å². The van der Waals surface area contributed by atoms with Gasteiger partial charge in [-0.15, -0.1) is 0 Å². The van der Waals surface area contributed by atoms with Crippen LogP contribution in [0.5, 0.6) is 0 Å². The Bertz CT molecular complexity index is 443. The third-order valence-electron chi connectivity index (χ3n) is 4.41. The van der Waals surface area contributed by atoms with Gasteiger partial charge in [0.2, 0.25) is 5.54 Å². The van der Waals surface area contributed by atoms with Crippen LogP contribution in [-0.4, -0.2) is 49.3 Å². The molecule has 0 bridgehead atoms. The van der Waals surface area contributed by atoms with E-state index in [2.05, 4.69) is 5.32 Å². The molecule has 0 aromatic heterocycles. The molecule has 1 atom stereocenters. The van der Waals surface area contributed by atoms with E-state index in [-0.39, 0.29) is 19.6 Å². The zero-order valence-electron chi connectivity index (χ0n) is 16.3. The largest absolute Gasteiger partial charge is 0.465 e. The van der Waals surface area contributed by atoms with E-state index in [1.54, 1.807) is 0 Å². The average molecular weight is 371 g/mol. The van der Waals surface area contributed by atoms with Crippen LogP contribution in [0.25, 0.3) is 0 Å². The van der Waals surface area contributed by atoms with Gasteiger partial charge in [-0.2, -0.15) is 0 Å². The molecule has 1 aliphatic rings. The summed E-state index contributed by atoms with van der Waals surface area (Å²) in [4.78, 5) is 37.4.